The molecule has 0 radical (unpaired) electrons. The summed E-state index contributed by atoms with van der Waals surface area (Å²) in [6.07, 6.45) is 1.36. The maximum Gasteiger partial charge on any atom is 0.341 e. The minimum Gasteiger partial charge on any atom is -0.342 e. The number of carbonyl (C=O) groups excluding carboxylic acids is 1. The van der Waals surface area contributed by atoms with E-state index in [0.29, 0.717) is 23.0 Å². The highest BCUT2D eigenvalue weighted by Crippen LogP contribution is 2.24. The lowest BCUT2D eigenvalue weighted by Crippen LogP contribution is -2.29. The van der Waals surface area contributed by atoms with Crippen LogP contribution in [0.1, 0.15) is 40.5 Å². The Morgan fingerprint density at radius 3 is 2.59 bits per heavy atom. The normalized spacial score (nSPS) is 12.4. The van der Waals surface area contributed by atoms with Crippen molar-refractivity contribution in [1.82, 2.24) is 25.1 Å². The van der Waals surface area contributed by atoms with Gasteiger partial charge in [0.1, 0.15) is 11.9 Å². The number of hydrogen-bond donors (Lipinski definition) is 1. The third kappa shape index (κ3) is 4.74. The summed E-state index contributed by atoms with van der Waals surface area (Å²) in [5.74, 6) is -3.37. The number of rotatable bonds is 6. The average molecular weight is 481 g/mol. The highest BCUT2D eigenvalue weighted by molar-refractivity contribution is 7.91. The van der Waals surface area contributed by atoms with Gasteiger partial charge in [0.05, 0.1) is 16.5 Å². The largest absolute Gasteiger partial charge is 0.342 e. The van der Waals surface area contributed by atoms with Gasteiger partial charge in [-0.3, -0.25) is 4.79 Å². The van der Waals surface area contributed by atoms with Crippen molar-refractivity contribution in [2.24, 2.45) is 0 Å². The zero-order valence-corrected chi connectivity index (χ0v) is 18.2. The second-order valence-electron chi connectivity index (χ2n) is 6.62. The highest BCUT2D eigenvalue weighted by atomic mass is 35.5. The summed E-state index contributed by atoms with van der Waals surface area (Å²) in [5, 5.41) is 15.6. The number of carbonyl (C=O) groups is 1. The minimum atomic E-state index is -4.94. The molecule has 1 atom stereocenters. The van der Waals surface area contributed by atoms with Crippen LogP contribution < -0.4 is 5.32 Å². The predicted molar refractivity (Wildman–Crippen MR) is 109 cm³/mol. The summed E-state index contributed by atoms with van der Waals surface area (Å²) in [6, 6.07) is 7.15. The molecule has 9 nitrogen and oxygen atoms in total. The molecule has 0 aliphatic carbocycles. The molecule has 0 unspecified atom stereocenters. The van der Waals surface area contributed by atoms with E-state index in [2.05, 4.69) is 20.4 Å². The molecule has 13 heteroatoms. The first-order chi connectivity index (χ1) is 15.0. The lowest BCUT2D eigenvalue weighted by molar-refractivity contribution is 0.0937. The smallest absolute Gasteiger partial charge is 0.341 e. The summed E-state index contributed by atoms with van der Waals surface area (Å²) < 4.78 is 50.7. The number of benzene rings is 1. The van der Waals surface area contributed by atoms with Crippen LogP contribution in [-0.4, -0.2) is 39.8 Å². The topological polar surface area (TPSA) is 131 Å². The molecule has 0 bridgehead atoms. The van der Waals surface area contributed by atoms with Gasteiger partial charge < -0.3 is 5.32 Å². The van der Waals surface area contributed by atoms with Gasteiger partial charge >= 0.3 is 5.76 Å². The molecule has 0 fully saturated rings. The SMILES string of the molecule is Cc1nc([C@H](C)NC(=O)c2cc(Cl)cc(S(=O)(=O)C(F)F)c2)n(-c2ccc(C#N)cn2)n1. The van der Waals surface area contributed by atoms with Crippen molar-refractivity contribution in [2.45, 2.75) is 30.5 Å². The first-order valence-electron chi connectivity index (χ1n) is 8.96. The van der Waals surface area contributed by atoms with E-state index in [9.17, 15) is 22.0 Å². The number of aromatic nitrogens is 4. The number of nitrogens with one attached hydrogen (secondary N) is 1. The van der Waals surface area contributed by atoms with E-state index in [4.69, 9.17) is 16.9 Å². The summed E-state index contributed by atoms with van der Waals surface area (Å²) >= 11 is 5.84. The number of nitriles is 1. The molecule has 0 aliphatic rings. The molecule has 1 N–H and O–H groups in total. The van der Waals surface area contributed by atoms with Gasteiger partial charge in [-0.25, -0.2) is 18.4 Å². The zero-order chi connectivity index (χ0) is 23.6. The fourth-order valence-corrected chi connectivity index (χ4v) is 3.85. The molecule has 0 saturated carbocycles. The lowest BCUT2D eigenvalue weighted by Gasteiger charge is -2.15. The molecule has 0 aliphatic heterocycles. The second kappa shape index (κ2) is 8.97. The molecule has 166 valence electrons. The fraction of sp³-hybridized carbons (Fsp3) is 0.211. The summed E-state index contributed by atoms with van der Waals surface area (Å²) in [5.41, 5.74) is 0.131. The lowest BCUT2D eigenvalue weighted by atomic mass is 10.2. The Bertz CT molecular complexity index is 1320. The van der Waals surface area contributed by atoms with Crippen LogP contribution in [0.15, 0.2) is 41.4 Å². The van der Waals surface area contributed by atoms with Gasteiger partial charge in [-0.2, -0.15) is 18.7 Å². The monoisotopic (exact) mass is 480 g/mol. The number of hydrogen-bond acceptors (Lipinski definition) is 7. The number of halogens is 3. The van der Waals surface area contributed by atoms with Gasteiger partial charge in [-0.1, -0.05) is 11.6 Å². The van der Waals surface area contributed by atoms with E-state index in [1.165, 1.54) is 10.9 Å². The van der Waals surface area contributed by atoms with Gasteiger partial charge in [0.15, 0.2) is 11.6 Å². The van der Waals surface area contributed by atoms with Crippen LogP contribution in [0, 0.1) is 18.3 Å². The van der Waals surface area contributed by atoms with Gasteiger partial charge in [0.25, 0.3) is 5.91 Å². The Hall–Kier alpha value is -3.43. The highest BCUT2D eigenvalue weighted by Gasteiger charge is 2.28. The van der Waals surface area contributed by atoms with Crippen LogP contribution in [0.25, 0.3) is 5.82 Å². The molecule has 1 aromatic carbocycles. The Morgan fingerprint density at radius 1 is 1.28 bits per heavy atom. The van der Waals surface area contributed by atoms with Crippen molar-refractivity contribution in [3.63, 3.8) is 0 Å². The van der Waals surface area contributed by atoms with E-state index in [1.54, 1.807) is 26.0 Å². The Morgan fingerprint density at radius 2 is 2.00 bits per heavy atom. The van der Waals surface area contributed by atoms with Gasteiger partial charge in [0, 0.05) is 16.8 Å². The van der Waals surface area contributed by atoms with Gasteiger partial charge in [-0.15, -0.1) is 5.10 Å². The zero-order valence-electron chi connectivity index (χ0n) is 16.6. The Balaban J connectivity index is 1.90. The standard InChI is InChI=1S/C19H15ClF2N6O3S/c1-10(17-26-11(2)27-28(17)16-4-3-12(8-23)9-24-16)25-18(29)13-5-14(20)7-15(6-13)32(30,31)19(21)22/h3-7,9-10,19H,1-2H3,(H,25,29)/t10-/m0/s1. The molecule has 1 amide bonds. The molecule has 0 saturated heterocycles. The Labute approximate surface area is 186 Å². The van der Waals surface area contributed by atoms with E-state index in [0.717, 1.165) is 18.2 Å². The van der Waals surface area contributed by atoms with Crippen molar-refractivity contribution in [1.29, 1.82) is 5.26 Å². The first kappa shape index (κ1) is 23.2. The number of alkyl halides is 2. The van der Waals surface area contributed by atoms with Crippen molar-refractivity contribution in [3.8, 4) is 11.9 Å². The summed E-state index contributed by atoms with van der Waals surface area (Å²) in [6.45, 7) is 3.24. The fourth-order valence-electron chi connectivity index (χ4n) is 2.76. The molecule has 32 heavy (non-hydrogen) atoms. The summed E-state index contributed by atoms with van der Waals surface area (Å²) in [4.78, 5) is 20.4. The molecule has 3 aromatic rings. The van der Waals surface area contributed by atoms with E-state index >= 15 is 0 Å². The summed E-state index contributed by atoms with van der Waals surface area (Å²) in [7, 11) is -4.94. The minimum absolute atomic E-state index is 0.190. The number of pyridine rings is 1. The van der Waals surface area contributed by atoms with Crippen LogP contribution in [0.5, 0.6) is 0 Å². The molecular weight excluding hydrogens is 466 g/mol. The van der Waals surface area contributed by atoms with E-state index < -0.39 is 32.4 Å². The van der Waals surface area contributed by atoms with Gasteiger partial charge in [0.2, 0.25) is 9.84 Å². The average Bonchev–Trinajstić information content (AvgIpc) is 3.15. The molecule has 0 spiro atoms. The first-order valence-corrected chi connectivity index (χ1v) is 10.9. The maximum absolute atomic E-state index is 12.9. The Kier molecular flexibility index (Phi) is 6.52. The van der Waals surface area contributed by atoms with Crippen LogP contribution in [0.4, 0.5) is 8.78 Å². The number of sulfone groups is 1. The van der Waals surface area contributed by atoms with Crippen molar-refractivity contribution in [3.05, 3.63) is 64.3 Å². The van der Waals surface area contributed by atoms with Crippen molar-refractivity contribution < 1.29 is 22.0 Å². The molecule has 2 aromatic heterocycles. The van der Waals surface area contributed by atoms with Crippen LogP contribution in [-0.2, 0) is 9.84 Å². The molecular formula is C19H15ClF2N6O3S. The van der Waals surface area contributed by atoms with E-state index in [-0.39, 0.29) is 10.6 Å². The third-order valence-corrected chi connectivity index (χ3v) is 5.84. The van der Waals surface area contributed by atoms with Crippen LogP contribution in [0.2, 0.25) is 5.02 Å². The predicted octanol–water partition coefficient (Wildman–Crippen LogP) is 2.98. The second-order valence-corrected chi connectivity index (χ2v) is 8.98. The van der Waals surface area contributed by atoms with Crippen molar-refractivity contribution >= 4 is 27.3 Å². The maximum atomic E-state index is 12.9. The third-order valence-electron chi connectivity index (χ3n) is 4.26. The molecule has 3 rings (SSSR count). The van der Waals surface area contributed by atoms with Crippen LogP contribution in [0.3, 0.4) is 0 Å². The van der Waals surface area contributed by atoms with Gasteiger partial charge in [-0.05, 0) is 44.2 Å². The van der Waals surface area contributed by atoms with Crippen LogP contribution >= 0.6 is 11.6 Å². The van der Waals surface area contributed by atoms with Crippen molar-refractivity contribution in [2.75, 3.05) is 0 Å². The number of nitrogens with zero attached hydrogens (tertiary/aromatic N) is 5. The number of amides is 1. The number of aryl methyl sites for hydroxylation is 1. The van der Waals surface area contributed by atoms with E-state index in [1.807, 2.05) is 6.07 Å². The quantitative estimate of drug-likeness (QED) is 0.573. The molecule has 2 heterocycles.